The Balaban J connectivity index is 1.96. The third-order valence-corrected chi connectivity index (χ3v) is 3.05. The van der Waals surface area contributed by atoms with Crippen molar-refractivity contribution in [2.75, 3.05) is 44.2 Å². The number of hydrogen-bond acceptors (Lipinski definition) is 5. The highest BCUT2D eigenvalue weighted by Crippen LogP contribution is 2.10. The largest absolute Gasteiger partial charge is 0.395 e. The molecule has 94 valence electrons. The Morgan fingerprint density at radius 2 is 1.94 bits per heavy atom. The van der Waals surface area contributed by atoms with Crippen molar-refractivity contribution in [3.63, 3.8) is 0 Å². The van der Waals surface area contributed by atoms with Crippen LogP contribution < -0.4 is 4.90 Å². The van der Waals surface area contributed by atoms with Crippen molar-refractivity contribution in [3.8, 4) is 0 Å². The van der Waals surface area contributed by atoms with Crippen LogP contribution in [0.3, 0.4) is 0 Å². The van der Waals surface area contributed by atoms with E-state index in [0.717, 1.165) is 50.7 Å². The van der Waals surface area contributed by atoms with Crippen LogP contribution >= 0.6 is 0 Å². The number of anilines is 1. The molecule has 5 nitrogen and oxygen atoms in total. The summed E-state index contributed by atoms with van der Waals surface area (Å²) >= 11 is 0. The Kier molecular flexibility index (Phi) is 4.28. The van der Waals surface area contributed by atoms with Crippen LogP contribution in [0.5, 0.6) is 0 Å². The molecule has 0 atom stereocenters. The van der Waals surface area contributed by atoms with E-state index in [-0.39, 0.29) is 6.61 Å². The lowest BCUT2D eigenvalue weighted by atomic mass is 10.4. The summed E-state index contributed by atoms with van der Waals surface area (Å²) in [6, 6.07) is 0. The molecule has 0 spiro atoms. The molecule has 0 amide bonds. The average Bonchev–Trinajstić information content (AvgIpc) is 2.56. The molecule has 0 unspecified atom stereocenters. The van der Waals surface area contributed by atoms with E-state index in [9.17, 15) is 0 Å². The van der Waals surface area contributed by atoms with Crippen molar-refractivity contribution in [1.29, 1.82) is 0 Å². The van der Waals surface area contributed by atoms with Crippen LogP contribution in [-0.4, -0.2) is 59.3 Å². The first-order valence-corrected chi connectivity index (χ1v) is 6.16. The molecule has 1 aromatic heterocycles. The maximum absolute atomic E-state index is 8.94. The number of hydrogen-bond donors (Lipinski definition) is 1. The molecule has 5 heteroatoms. The van der Waals surface area contributed by atoms with E-state index in [1.54, 1.807) is 0 Å². The van der Waals surface area contributed by atoms with Gasteiger partial charge in [-0.25, -0.2) is 9.97 Å². The number of aliphatic hydroxyl groups excluding tert-OH is 1. The Morgan fingerprint density at radius 1 is 1.18 bits per heavy atom. The second-order valence-corrected chi connectivity index (χ2v) is 4.47. The molecule has 0 aliphatic carbocycles. The minimum absolute atomic E-state index is 0.237. The van der Waals surface area contributed by atoms with E-state index in [1.807, 2.05) is 19.3 Å². The Labute approximate surface area is 102 Å². The van der Waals surface area contributed by atoms with Crippen LogP contribution in [-0.2, 0) is 0 Å². The van der Waals surface area contributed by atoms with Gasteiger partial charge in [0.05, 0.1) is 6.61 Å². The summed E-state index contributed by atoms with van der Waals surface area (Å²) in [5.74, 6) is 0.821. The van der Waals surface area contributed by atoms with Gasteiger partial charge in [0.25, 0.3) is 0 Å². The first-order valence-electron chi connectivity index (χ1n) is 6.16. The SMILES string of the molecule is Cc1cnc(N2CCCN(CCO)CC2)nc1. The monoisotopic (exact) mass is 236 g/mol. The highest BCUT2D eigenvalue weighted by molar-refractivity contribution is 5.29. The fraction of sp³-hybridized carbons (Fsp3) is 0.667. The van der Waals surface area contributed by atoms with E-state index in [0.29, 0.717) is 0 Å². The number of rotatable bonds is 3. The van der Waals surface area contributed by atoms with E-state index in [2.05, 4.69) is 19.8 Å². The van der Waals surface area contributed by atoms with Gasteiger partial charge in [0, 0.05) is 38.6 Å². The van der Waals surface area contributed by atoms with Crippen molar-refractivity contribution in [2.45, 2.75) is 13.3 Å². The number of aliphatic hydroxyl groups is 1. The predicted molar refractivity (Wildman–Crippen MR) is 67.1 cm³/mol. The predicted octanol–water partition coefficient (Wildman–Crippen LogP) is 0.289. The van der Waals surface area contributed by atoms with Crippen molar-refractivity contribution in [1.82, 2.24) is 14.9 Å². The van der Waals surface area contributed by atoms with Gasteiger partial charge in [-0.1, -0.05) is 0 Å². The number of aromatic nitrogens is 2. The Bertz CT molecular complexity index is 341. The standard InChI is InChI=1S/C12H20N4O/c1-11-9-13-12(14-10-11)16-4-2-3-15(5-6-16)7-8-17/h9-10,17H,2-8H2,1H3. The van der Waals surface area contributed by atoms with E-state index < -0.39 is 0 Å². The lowest BCUT2D eigenvalue weighted by molar-refractivity contribution is 0.204. The van der Waals surface area contributed by atoms with Gasteiger partial charge in [0.15, 0.2) is 0 Å². The Hall–Kier alpha value is -1.20. The molecule has 2 rings (SSSR count). The summed E-state index contributed by atoms with van der Waals surface area (Å²) < 4.78 is 0. The molecule has 1 aliphatic rings. The van der Waals surface area contributed by atoms with Crippen LogP contribution in [0.4, 0.5) is 5.95 Å². The molecule has 0 aromatic carbocycles. The molecular weight excluding hydrogens is 216 g/mol. The molecule has 1 N–H and O–H groups in total. The second kappa shape index (κ2) is 5.93. The highest BCUT2D eigenvalue weighted by atomic mass is 16.3. The van der Waals surface area contributed by atoms with E-state index >= 15 is 0 Å². The number of aryl methyl sites for hydroxylation is 1. The molecule has 1 fully saturated rings. The summed E-state index contributed by atoms with van der Waals surface area (Å²) in [6.07, 6.45) is 4.81. The van der Waals surface area contributed by atoms with Crippen LogP contribution in [0.15, 0.2) is 12.4 Å². The first kappa shape index (κ1) is 12.3. The van der Waals surface area contributed by atoms with Crippen LogP contribution in [0.1, 0.15) is 12.0 Å². The lowest BCUT2D eigenvalue weighted by Crippen LogP contribution is -2.33. The fourth-order valence-corrected chi connectivity index (χ4v) is 2.09. The zero-order chi connectivity index (χ0) is 12.1. The average molecular weight is 236 g/mol. The molecular formula is C12H20N4O. The van der Waals surface area contributed by atoms with Gasteiger partial charge in [-0.2, -0.15) is 0 Å². The first-order chi connectivity index (χ1) is 8.29. The van der Waals surface area contributed by atoms with Gasteiger partial charge in [-0.05, 0) is 25.5 Å². The van der Waals surface area contributed by atoms with Gasteiger partial charge in [0.1, 0.15) is 0 Å². The van der Waals surface area contributed by atoms with Crippen LogP contribution in [0.2, 0.25) is 0 Å². The molecule has 0 bridgehead atoms. The summed E-state index contributed by atoms with van der Waals surface area (Å²) in [6.45, 7) is 6.94. The molecule has 1 aromatic rings. The smallest absolute Gasteiger partial charge is 0.225 e. The lowest BCUT2D eigenvalue weighted by Gasteiger charge is -2.21. The van der Waals surface area contributed by atoms with Gasteiger partial charge >= 0.3 is 0 Å². The van der Waals surface area contributed by atoms with Crippen LogP contribution in [0.25, 0.3) is 0 Å². The summed E-state index contributed by atoms with van der Waals surface area (Å²) in [7, 11) is 0. The van der Waals surface area contributed by atoms with Crippen molar-refractivity contribution in [2.24, 2.45) is 0 Å². The molecule has 0 radical (unpaired) electrons. The third-order valence-electron chi connectivity index (χ3n) is 3.05. The molecule has 1 saturated heterocycles. The Morgan fingerprint density at radius 3 is 2.65 bits per heavy atom. The normalized spacial score (nSPS) is 18.1. The highest BCUT2D eigenvalue weighted by Gasteiger charge is 2.16. The quantitative estimate of drug-likeness (QED) is 0.817. The van der Waals surface area contributed by atoms with Crippen molar-refractivity contribution >= 4 is 5.95 Å². The van der Waals surface area contributed by atoms with Crippen molar-refractivity contribution in [3.05, 3.63) is 18.0 Å². The molecule has 0 saturated carbocycles. The fourth-order valence-electron chi connectivity index (χ4n) is 2.09. The van der Waals surface area contributed by atoms with E-state index in [1.165, 1.54) is 0 Å². The van der Waals surface area contributed by atoms with Gasteiger partial charge in [-0.15, -0.1) is 0 Å². The second-order valence-electron chi connectivity index (χ2n) is 4.47. The maximum Gasteiger partial charge on any atom is 0.225 e. The number of nitrogens with zero attached hydrogens (tertiary/aromatic N) is 4. The molecule has 2 heterocycles. The summed E-state index contributed by atoms with van der Waals surface area (Å²) in [5, 5.41) is 8.94. The zero-order valence-corrected chi connectivity index (χ0v) is 10.3. The van der Waals surface area contributed by atoms with Gasteiger partial charge in [-0.3, -0.25) is 4.90 Å². The summed E-state index contributed by atoms with van der Waals surface area (Å²) in [4.78, 5) is 13.2. The topological polar surface area (TPSA) is 52.5 Å². The third kappa shape index (κ3) is 3.38. The number of β-amino-alcohol motifs (C(OH)–C–C–N with tert-alkyl or cyclic N) is 1. The van der Waals surface area contributed by atoms with E-state index in [4.69, 9.17) is 5.11 Å². The minimum Gasteiger partial charge on any atom is -0.395 e. The van der Waals surface area contributed by atoms with Gasteiger partial charge in [0.2, 0.25) is 5.95 Å². The van der Waals surface area contributed by atoms with Crippen LogP contribution in [0, 0.1) is 6.92 Å². The zero-order valence-electron chi connectivity index (χ0n) is 10.3. The maximum atomic E-state index is 8.94. The van der Waals surface area contributed by atoms with Gasteiger partial charge < -0.3 is 10.0 Å². The molecule has 1 aliphatic heterocycles. The summed E-state index contributed by atoms with van der Waals surface area (Å²) in [5.41, 5.74) is 1.09. The minimum atomic E-state index is 0.237. The van der Waals surface area contributed by atoms with Crippen molar-refractivity contribution < 1.29 is 5.11 Å². The molecule has 17 heavy (non-hydrogen) atoms.